The van der Waals surface area contributed by atoms with Gasteiger partial charge in [0.1, 0.15) is 0 Å². The summed E-state index contributed by atoms with van der Waals surface area (Å²) in [6.45, 7) is 2.68. The van der Waals surface area contributed by atoms with Gasteiger partial charge in [-0.1, -0.05) is 6.07 Å². The van der Waals surface area contributed by atoms with Gasteiger partial charge in [-0.3, -0.25) is 4.90 Å². The van der Waals surface area contributed by atoms with Crippen molar-refractivity contribution in [2.45, 2.75) is 25.5 Å². The summed E-state index contributed by atoms with van der Waals surface area (Å²) in [6.07, 6.45) is 2.41. The third kappa shape index (κ3) is 3.17. The van der Waals surface area contributed by atoms with Crippen LogP contribution in [-0.2, 0) is 11.3 Å². The minimum Gasteiger partial charge on any atom is -0.505 e. The normalized spacial score (nSPS) is 18.5. The molecule has 0 unspecified atom stereocenters. The number of piperidine rings is 1. The predicted molar refractivity (Wildman–Crippen MR) is 63.4 cm³/mol. The molecule has 1 fully saturated rings. The molecule has 0 radical (unpaired) electrons. The van der Waals surface area contributed by atoms with Crippen molar-refractivity contribution in [2.24, 2.45) is 0 Å². The van der Waals surface area contributed by atoms with E-state index in [4.69, 9.17) is 9.84 Å². The predicted octanol–water partition coefficient (Wildman–Crippen LogP) is 2.14. The Morgan fingerprint density at radius 1 is 1.41 bits per heavy atom. The first-order valence-electron chi connectivity index (χ1n) is 5.91. The largest absolute Gasteiger partial charge is 0.505 e. The number of hydrogen-bond donors (Lipinski definition) is 1. The van der Waals surface area contributed by atoms with Crippen molar-refractivity contribution < 1.29 is 14.2 Å². The first-order valence-corrected chi connectivity index (χ1v) is 5.91. The molecule has 0 bridgehead atoms. The summed E-state index contributed by atoms with van der Waals surface area (Å²) in [7, 11) is 1.75. The van der Waals surface area contributed by atoms with E-state index in [2.05, 4.69) is 4.90 Å². The standard InChI is InChI=1S/C13H18FNO2/c1-17-11-4-6-15(7-5-11)9-10-2-3-13(16)12(14)8-10/h2-3,8,11,16H,4-7,9H2,1H3. The zero-order chi connectivity index (χ0) is 12.3. The molecule has 17 heavy (non-hydrogen) atoms. The molecule has 1 aromatic carbocycles. The third-order valence-corrected chi connectivity index (χ3v) is 3.29. The van der Waals surface area contributed by atoms with Gasteiger partial charge in [0, 0.05) is 26.7 Å². The fourth-order valence-electron chi connectivity index (χ4n) is 2.21. The van der Waals surface area contributed by atoms with Gasteiger partial charge in [0.2, 0.25) is 0 Å². The molecular weight excluding hydrogens is 221 g/mol. The Kier molecular flexibility index (Phi) is 3.97. The number of rotatable bonds is 3. The average molecular weight is 239 g/mol. The smallest absolute Gasteiger partial charge is 0.165 e. The summed E-state index contributed by atoms with van der Waals surface area (Å²) in [5.41, 5.74) is 0.899. The molecule has 1 aliphatic rings. The fraction of sp³-hybridized carbons (Fsp3) is 0.538. The zero-order valence-electron chi connectivity index (χ0n) is 10.0. The van der Waals surface area contributed by atoms with Gasteiger partial charge in [-0.15, -0.1) is 0 Å². The van der Waals surface area contributed by atoms with Gasteiger partial charge in [-0.2, -0.15) is 0 Å². The van der Waals surface area contributed by atoms with Crippen LogP contribution < -0.4 is 0 Å². The Bertz CT molecular complexity index is 376. The number of phenols is 1. The minimum absolute atomic E-state index is 0.285. The van der Waals surface area contributed by atoms with Crippen molar-refractivity contribution >= 4 is 0 Å². The Morgan fingerprint density at radius 3 is 2.71 bits per heavy atom. The summed E-state index contributed by atoms with van der Waals surface area (Å²) >= 11 is 0. The average Bonchev–Trinajstić information content (AvgIpc) is 2.35. The lowest BCUT2D eigenvalue weighted by Crippen LogP contribution is -2.36. The molecule has 0 spiro atoms. The van der Waals surface area contributed by atoms with Crippen LogP contribution in [0.4, 0.5) is 4.39 Å². The highest BCUT2D eigenvalue weighted by Gasteiger charge is 2.18. The number of hydrogen-bond acceptors (Lipinski definition) is 3. The molecule has 3 nitrogen and oxygen atoms in total. The molecule has 1 aromatic rings. The van der Waals surface area contributed by atoms with Gasteiger partial charge in [-0.05, 0) is 30.5 Å². The lowest BCUT2D eigenvalue weighted by Gasteiger charge is -2.31. The maximum Gasteiger partial charge on any atom is 0.165 e. The number of halogens is 1. The van der Waals surface area contributed by atoms with E-state index in [1.165, 1.54) is 12.1 Å². The summed E-state index contributed by atoms with van der Waals surface area (Å²) in [5.74, 6) is -0.832. The SMILES string of the molecule is COC1CCN(Cc2ccc(O)c(F)c2)CC1. The van der Waals surface area contributed by atoms with Gasteiger partial charge >= 0.3 is 0 Å². The molecule has 94 valence electrons. The highest BCUT2D eigenvalue weighted by Crippen LogP contribution is 2.19. The van der Waals surface area contributed by atoms with Crippen LogP contribution in [0.15, 0.2) is 18.2 Å². The summed E-state index contributed by atoms with van der Waals surface area (Å²) in [6, 6.07) is 4.57. The number of nitrogens with zero attached hydrogens (tertiary/aromatic N) is 1. The van der Waals surface area contributed by atoms with E-state index in [9.17, 15) is 4.39 Å². The number of benzene rings is 1. The van der Waals surface area contributed by atoms with Crippen molar-refractivity contribution in [1.82, 2.24) is 4.90 Å². The van der Waals surface area contributed by atoms with E-state index < -0.39 is 5.82 Å². The van der Waals surface area contributed by atoms with E-state index in [1.54, 1.807) is 13.2 Å². The molecular formula is C13H18FNO2. The van der Waals surface area contributed by atoms with E-state index in [-0.39, 0.29) is 5.75 Å². The first-order chi connectivity index (χ1) is 8.19. The van der Waals surface area contributed by atoms with Crippen molar-refractivity contribution in [3.63, 3.8) is 0 Å². The quantitative estimate of drug-likeness (QED) is 0.877. The van der Waals surface area contributed by atoms with E-state index in [1.807, 2.05) is 0 Å². The number of phenolic OH excluding ortho intramolecular Hbond substituents is 1. The zero-order valence-corrected chi connectivity index (χ0v) is 10.0. The van der Waals surface area contributed by atoms with Gasteiger partial charge < -0.3 is 9.84 Å². The van der Waals surface area contributed by atoms with Crippen molar-refractivity contribution in [3.05, 3.63) is 29.6 Å². The molecule has 1 N–H and O–H groups in total. The number of likely N-dealkylation sites (tertiary alicyclic amines) is 1. The second-order valence-electron chi connectivity index (χ2n) is 4.50. The molecule has 0 amide bonds. The maximum atomic E-state index is 13.2. The molecule has 0 aliphatic carbocycles. The lowest BCUT2D eigenvalue weighted by atomic mass is 10.1. The number of ether oxygens (including phenoxy) is 1. The maximum absolute atomic E-state index is 13.2. The second-order valence-corrected chi connectivity index (χ2v) is 4.50. The molecule has 0 saturated carbocycles. The fourth-order valence-corrected chi connectivity index (χ4v) is 2.21. The van der Waals surface area contributed by atoms with Crippen LogP contribution >= 0.6 is 0 Å². The summed E-state index contributed by atoms with van der Waals surface area (Å²) < 4.78 is 18.5. The molecule has 1 heterocycles. The van der Waals surface area contributed by atoms with E-state index >= 15 is 0 Å². The van der Waals surface area contributed by atoms with Crippen molar-refractivity contribution in [2.75, 3.05) is 20.2 Å². The summed E-state index contributed by atoms with van der Waals surface area (Å²) in [5, 5.41) is 9.11. The Hall–Kier alpha value is -1.13. The summed E-state index contributed by atoms with van der Waals surface area (Å²) in [4.78, 5) is 2.28. The van der Waals surface area contributed by atoms with Crippen LogP contribution in [0.2, 0.25) is 0 Å². The Balaban J connectivity index is 1.91. The monoisotopic (exact) mass is 239 g/mol. The third-order valence-electron chi connectivity index (χ3n) is 3.29. The van der Waals surface area contributed by atoms with E-state index in [0.717, 1.165) is 38.0 Å². The van der Waals surface area contributed by atoms with Gasteiger partial charge in [0.05, 0.1) is 6.10 Å². The molecule has 1 saturated heterocycles. The van der Waals surface area contributed by atoms with Crippen LogP contribution in [0.25, 0.3) is 0 Å². The van der Waals surface area contributed by atoms with Crippen molar-refractivity contribution in [3.8, 4) is 5.75 Å². The van der Waals surface area contributed by atoms with Crippen LogP contribution in [0.1, 0.15) is 18.4 Å². The van der Waals surface area contributed by atoms with Gasteiger partial charge in [-0.25, -0.2) is 4.39 Å². The molecule has 2 rings (SSSR count). The number of aromatic hydroxyl groups is 1. The van der Waals surface area contributed by atoms with Crippen LogP contribution in [0.5, 0.6) is 5.75 Å². The van der Waals surface area contributed by atoms with Crippen LogP contribution in [0, 0.1) is 5.82 Å². The Morgan fingerprint density at radius 2 is 2.12 bits per heavy atom. The van der Waals surface area contributed by atoms with Crippen molar-refractivity contribution in [1.29, 1.82) is 0 Å². The first kappa shape index (κ1) is 12.3. The van der Waals surface area contributed by atoms with Crippen LogP contribution in [0.3, 0.4) is 0 Å². The molecule has 0 atom stereocenters. The topological polar surface area (TPSA) is 32.7 Å². The van der Waals surface area contributed by atoms with Gasteiger partial charge in [0.25, 0.3) is 0 Å². The minimum atomic E-state index is -0.547. The highest BCUT2D eigenvalue weighted by atomic mass is 19.1. The Labute approximate surface area is 101 Å². The molecule has 0 aromatic heterocycles. The highest BCUT2D eigenvalue weighted by molar-refractivity contribution is 5.27. The second kappa shape index (κ2) is 5.47. The lowest BCUT2D eigenvalue weighted by molar-refractivity contribution is 0.0388. The molecule has 1 aliphatic heterocycles. The number of methoxy groups -OCH3 is 1. The van der Waals surface area contributed by atoms with Gasteiger partial charge in [0.15, 0.2) is 11.6 Å². The van der Waals surface area contributed by atoms with Crippen LogP contribution in [-0.4, -0.2) is 36.3 Å². The molecule has 4 heteroatoms. The van der Waals surface area contributed by atoms with E-state index in [0.29, 0.717) is 6.10 Å².